The molecule has 0 aliphatic carbocycles. The molecule has 0 radical (unpaired) electrons. The van der Waals surface area contributed by atoms with E-state index >= 15 is 0 Å². The zero-order chi connectivity index (χ0) is 11.5. The van der Waals surface area contributed by atoms with E-state index in [-0.39, 0.29) is 5.57 Å². The Bertz CT molecular complexity index is 251. The van der Waals surface area contributed by atoms with E-state index in [2.05, 4.69) is 6.92 Å². The zero-order valence-corrected chi connectivity index (χ0v) is 9.33. The van der Waals surface area contributed by atoms with Gasteiger partial charge in [0.25, 0.3) is 0 Å². The molecule has 0 aromatic carbocycles. The summed E-state index contributed by atoms with van der Waals surface area (Å²) in [5.74, 6) is -0.967. The fourth-order valence-electron chi connectivity index (χ4n) is 1.41. The molecule has 0 rings (SSSR count). The molecule has 15 heavy (non-hydrogen) atoms. The standard InChI is InChI=1S/C12H19NO2/c1-2-3-4-5-6-7-8-11(9-10-13)12(14)15/h9H,2-8H2,1H3,(H,14,15)/b11-9-. The van der Waals surface area contributed by atoms with E-state index in [4.69, 9.17) is 10.4 Å². The minimum Gasteiger partial charge on any atom is -0.478 e. The van der Waals surface area contributed by atoms with Gasteiger partial charge in [0.15, 0.2) is 0 Å². The summed E-state index contributed by atoms with van der Waals surface area (Å²) in [6.07, 6.45) is 8.41. The number of nitrogens with zero attached hydrogens (tertiary/aromatic N) is 1. The molecule has 1 N–H and O–H groups in total. The van der Waals surface area contributed by atoms with Crippen molar-refractivity contribution in [1.82, 2.24) is 0 Å². The zero-order valence-electron chi connectivity index (χ0n) is 9.33. The number of carboxylic acid groups (broad SMARTS) is 1. The predicted molar refractivity (Wildman–Crippen MR) is 59.3 cm³/mol. The van der Waals surface area contributed by atoms with E-state index in [0.717, 1.165) is 25.3 Å². The van der Waals surface area contributed by atoms with Gasteiger partial charge in [-0.1, -0.05) is 39.0 Å². The lowest BCUT2D eigenvalue weighted by atomic mass is 10.1. The van der Waals surface area contributed by atoms with Crippen molar-refractivity contribution in [3.8, 4) is 6.07 Å². The van der Waals surface area contributed by atoms with Crippen LogP contribution in [0.3, 0.4) is 0 Å². The molecule has 0 amide bonds. The maximum atomic E-state index is 10.6. The van der Waals surface area contributed by atoms with Crippen molar-refractivity contribution in [3.05, 3.63) is 11.6 Å². The molecule has 0 saturated carbocycles. The molecule has 84 valence electrons. The number of nitriles is 1. The molecule has 0 fully saturated rings. The van der Waals surface area contributed by atoms with E-state index in [0.29, 0.717) is 6.42 Å². The van der Waals surface area contributed by atoms with Crippen molar-refractivity contribution in [2.75, 3.05) is 0 Å². The number of hydrogen-bond acceptors (Lipinski definition) is 2. The average molecular weight is 209 g/mol. The van der Waals surface area contributed by atoms with Gasteiger partial charge in [0.05, 0.1) is 6.07 Å². The first kappa shape index (κ1) is 13.7. The third-order valence-corrected chi connectivity index (χ3v) is 2.31. The number of allylic oxidation sites excluding steroid dienone is 1. The first-order valence-electron chi connectivity index (χ1n) is 5.54. The fraction of sp³-hybridized carbons (Fsp3) is 0.667. The van der Waals surface area contributed by atoms with Crippen LogP contribution in [-0.2, 0) is 4.79 Å². The van der Waals surface area contributed by atoms with Crippen LogP contribution in [0.5, 0.6) is 0 Å². The Kier molecular flexibility index (Phi) is 8.46. The van der Waals surface area contributed by atoms with Crippen LogP contribution in [-0.4, -0.2) is 11.1 Å². The van der Waals surface area contributed by atoms with Gasteiger partial charge in [-0.05, 0) is 12.8 Å². The lowest BCUT2D eigenvalue weighted by molar-refractivity contribution is -0.132. The van der Waals surface area contributed by atoms with Gasteiger partial charge in [-0.3, -0.25) is 0 Å². The number of unbranched alkanes of at least 4 members (excludes halogenated alkanes) is 5. The Labute approximate surface area is 91.4 Å². The highest BCUT2D eigenvalue weighted by Gasteiger charge is 2.05. The first-order chi connectivity index (χ1) is 7.22. The molecule has 0 spiro atoms. The minimum absolute atomic E-state index is 0.230. The highest BCUT2D eigenvalue weighted by atomic mass is 16.4. The molecule has 0 heterocycles. The summed E-state index contributed by atoms with van der Waals surface area (Å²) in [7, 11) is 0. The molecular formula is C12H19NO2. The van der Waals surface area contributed by atoms with Crippen LogP contribution in [0, 0.1) is 11.3 Å². The van der Waals surface area contributed by atoms with Crippen LogP contribution >= 0.6 is 0 Å². The maximum Gasteiger partial charge on any atom is 0.332 e. The topological polar surface area (TPSA) is 61.1 Å². The molecule has 3 heteroatoms. The summed E-state index contributed by atoms with van der Waals surface area (Å²) in [4.78, 5) is 10.6. The molecule has 0 atom stereocenters. The van der Waals surface area contributed by atoms with Gasteiger partial charge in [-0.2, -0.15) is 5.26 Å². The van der Waals surface area contributed by atoms with Crippen molar-refractivity contribution in [2.24, 2.45) is 0 Å². The van der Waals surface area contributed by atoms with Crippen LogP contribution in [0.4, 0.5) is 0 Å². The molecule has 0 bridgehead atoms. The van der Waals surface area contributed by atoms with Crippen LogP contribution in [0.25, 0.3) is 0 Å². The monoisotopic (exact) mass is 209 g/mol. The Balaban J connectivity index is 3.61. The van der Waals surface area contributed by atoms with Crippen LogP contribution in [0.2, 0.25) is 0 Å². The Morgan fingerprint density at radius 1 is 1.27 bits per heavy atom. The number of carboxylic acids is 1. The fourth-order valence-corrected chi connectivity index (χ4v) is 1.41. The lowest BCUT2D eigenvalue weighted by Gasteiger charge is -2.01. The van der Waals surface area contributed by atoms with Gasteiger partial charge < -0.3 is 5.11 Å². The summed E-state index contributed by atoms with van der Waals surface area (Å²) in [6.45, 7) is 2.16. The highest BCUT2D eigenvalue weighted by molar-refractivity contribution is 5.87. The maximum absolute atomic E-state index is 10.6. The number of carbonyl (C=O) groups is 1. The molecule has 0 unspecified atom stereocenters. The molecule has 3 nitrogen and oxygen atoms in total. The third-order valence-electron chi connectivity index (χ3n) is 2.31. The van der Waals surface area contributed by atoms with Crippen LogP contribution < -0.4 is 0 Å². The van der Waals surface area contributed by atoms with Gasteiger partial charge in [-0.25, -0.2) is 4.79 Å². The molecule has 0 aromatic heterocycles. The Morgan fingerprint density at radius 3 is 2.40 bits per heavy atom. The van der Waals surface area contributed by atoms with E-state index in [1.165, 1.54) is 19.3 Å². The van der Waals surface area contributed by atoms with Gasteiger partial charge >= 0.3 is 5.97 Å². The van der Waals surface area contributed by atoms with Crippen LogP contribution in [0.15, 0.2) is 11.6 Å². The SMILES string of the molecule is CCCCCCCC/C(=C/C#N)C(=O)O. The van der Waals surface area contributed by atoms with E-state index in [1.807, 2.05) is 0 Å². The third kappa shape index (κ3) is 7.75. The quantitative estimate of drug-likeness (QED) is 0.379. The van der Waals surface area contributed by atoms with E-state index < -0.39 is 5.97 Å². The summed E-state index contributed by atoms with van der Waals surface area (Å²) in [5, 5.41) is 17.1. The van der Waals surface area contributed by atoms with Crippen LogP contribution in [0.1, 0.15) is 51.9 Å². The second-order valence-corrected chi connectivity index (χ2v) is 3.62. The molecule has 0 aromatic rings. The van der Waals surface area contributed by atoms with E-state index in [9.17, 15) is 4.79 Å². The lowest BCUT2D eigenvalue weighted by Crippen LogP contribution is -2.00. The number of aliphatic carboxylic acids is 1. The van der Waals surface area contributed by atoms with Gasteiger partial charge in [0, 0.05) is 11.6 Å². The summed E-state index contributed by atoms with van der Waals surface area (Å²) in [6, 6.07) is 1.77. The Hall–Kier alpha value is -1.30. The second-order valence-electron chi connectivity index (χ2n) is 3.62. The van der Waals surface area contributed by atoms with Gasteiger partial charge in [0.2, 0.25) is 0 Å². The largest absolute Gasteiger partial charge is 0.478 e. The second kappa shape index (κ2) is 9.26. The highest BCUT2D eigenvalue weighted by Crippen LogP contribution is 2.11. The molecule has 0 aliphatic heterocycles. The Morgan fingerprint density at radius 2 is 1.87 bits per heavy atom. The van der Waals surface area contributed by atoms with Crippen molar-refractivity contribution in [1.29, 1.82) is 5.26 Å². The summed E-state index contributed by atoms with van der Waals surface area (Å²) < 4.78 is 0. The smallest absolute Gasteiger partial charge is 0.332 e. The van der Waals surface area contributed by atoms with Crippen molar-refractivity contribution in [2.45, 2.75) is 51.9 Å². The van der Waals surface area contributed by atoms with Gasteiger partial charge in [-0.15, -0.1) is 0 Å². The van der Waals surface area contributed by atoms with Crippen molar-refractivity contribution < 1.29 is 9.90 Å². The number of rotatable bonds is 8. The first-order valence-corrected chi connectivity index (χ1v) is 5.54. The molecule has 0 aliphatic rings. The summed E-state index contributed by atoms with van der Waals surface area (Å²) >= 11 is 0. The minimum atomic E-state index is -0.967. The van der Waals surface area contributed by atoms with Gasteiger partial charge in [0.1, 0.15) is 0 Å². The predicted octanol–water partition coefficient (Wildman–Crippen LogP) is 3.27. The molecular weight excluding hydrogens is 190 g/mol. The van der Waals surface area contributed by atoms with E-state index in [1.54, 1.807) is 6.07 Å². The average Bonchev–Trinajstić information content (AvgIpc) is 2.21. The number of hydrogen-bond donors (Lipinski definition) is 1. The van der Waals surface area contributed by atoms with Crippen molar-refractivity contribution in [3.63, 3.8) is 0 Å². The molecule has 0 saturated heterocycles. The van der Waals surface area contributed by atoms with Crippen molar-refractivity contribution >= 4 is 5.97 Å². The summed E-state index contributed by atoms with van der Waals surface area (Å²) in [5.41, 5.74) is 0.230. The normalized spacial score (nSPS) is 11.1.